The van der Waals surface area contributed by atoms with E-state index in [2.05, 4.69) is 5.32 Å². The van der Waals surface area contributed by atoms with Crippen LogP contribution in [0.15, 0.2) is 30.3 Å². The van der Waals surface area contributed by atoms with Crippen LogP contribution in [0.4, 0.5) is 10.7 Å². The van der Waals surface area contributed by atoms with Crippen molar-refractivity contribution in [3.8, 4) is 11.5 Å². The fourth-order valence-corrected chi connectivity index (χ4v) is 2.70. The molecule has 1 N–H and O–H groups in total. The van der Waals surface area contributed by atoms with Gasteiger partial charge in [-0.1, -0.05) is 25.2 Å². The lowest BCUT2D eigenvalue weighted by Gasteiger charge is -2.14. The number of hydrogen-bond donors (Lipinski definition) is 1. The average molecular weight is 364 g/mol. The van der Waals surface area contributed by atoms with Crippen LogP contribution in [0.1, 0.15) is 36.4 Å². The molecule has 8 heteroatoms. The Kier molecular flexibility index (Phi) is 6.76. The number of thiophene rings is 1. The fourth-order valence-electron chi connectivity index (χ4n) is 1.98. The van der Waals surface area contributed by atoms with Crippen molar-refractivity contribution in [1.82, 2.24) is 0 Å². The van der Waals surface area contributed by atoms with E-state index in [1.807, 2.05) is 13.8 Å². The highest BCUT2D eigenvalue weighted by Gasteiger charge is 2.16. The molecule has 0 atom stereocenters. The molecule has 0 bridgehead atoms. The van der Waals surface area contributed by atoms with Gasteiger partial charge < -0.3 is 14.8 Å². The minimum atomic E-state index is -0.516. The number of amides is 1. The van der Waals surface area contributed by atoms with Crippen LogP contribution in [0.25, 0.3) is 0 Å². The Morgan fingerprint density at radius 1 is 1.12 bits per heavy atom. The SMILES string of the molecule is CCCOc1ccc(NC(=O)c2ccc([N+](=O)[O-])s2)cc1OCCC. The Morgan fingerprint density at radius 2 is 1.80 bits per heavy atom. The summed E-state index contributed by atoms with van der Waals surface area (Å²) < 4.78 is 11.3. The third-order valence-corrected chi connectivity index (χ3v) is 4.16. The van der Waals surface area contributed by atoms with Crippen LogP contribution in [-0.2, 0) is 0 Å². The second kappa shape index (κ2) is 9.03. The summed E-state index contributed by atoms with van der Waals surface area (Å²) in [6.45, 7) is 5.13. The van der Waals surface area contributed by atoms with E-state index in [-0.39, 0.29) is 9.88 Å². The van der Waals surface area contributed by atoms with Crippen molar-refractivity contribution in [2.45, 2.75) is 26.7 Å². The molecule has 7 nitrogen and oxygen atoms in total. The van der Waals surface area contributed by atoms with Crippen molar-refractivity contribution in [3.05, 3.63) is 45.3 Å². The number of nitrogens with zero attached hydrogens (tertiary/aromatic N) is 1. The molecule has 25 heavy (non-hydrogen) atoms. The van der Waals surface area contributed by atoms with Gasteiger partial charge in [0.05, 0.1) is 23.0 Å². The number of carbonyl (C=O) groups excluding carboxylic acids is 1. The normalized spacial score (nSPS) is 10.3. The number of hydrogen-bond acceptors (Lipinski definition) is 6. The van der Waals surface area contributed by atoms with Crippen molar-refractivity contribution in [3.63, 3.8) is 0 Å². The van der Waals surface area contributed by atoms with Crippen LogP contribution in [0.5, 0.6) is 11.5 Å². The maximum Gasteiger partial charge on any atom is 0.324 e. The number of nitro groups is 1. The largest absolute Gasteiger partial charge is 0.490 e. The first-order chi connectivity index (χ1) is 12.0. The molecule has 0 fully saturated rings. The van der Waals surface area contributed by atoms with Gasteiger partial charge in [0.25, 0.3) is 5.91 Å². The summed E-state index contributed by atoms with van der Waals surface area (Å²) in [6.07, 6.45) is 1.73. The quantitative estimate of drug-likeness (QED) is 0.523. The maximum absolute atomic E-state index is 12.2. The lowest BCUT2D eigenvalue weighted by Crippen LogP contribution is -2.10. The predicted molar refractivity (Wildman–Crippen MR) is 96.9 cm³/mol. The van der Waals surface area contributed by atoms with Gasteiger partial charge in [0.15, 0.2) is 11.5 Å². The van der Waals surface area contributed by atoms with E-state index in [0.29, 0.717) is 30.4 Å². The molecule has 1 amide bonds. The Labute approximate surface area is 149 Å². The average Bonchev–Trinajstić information content (AvgIpc) is 3.09. The number of rotatable bonds is 9. The van der Waals surface area contributed by atoms with Crippen molar-refractivity contribution in [2.24, 2.45) is 0 Å². The molecule has 0 aliphatic heterocycles. The van der Waals surface area contributed by atoms with Crippen molar-refractivity contribution >= 4 is 27.9 Å². The number of ether oxygens (including phenoxy) is 2. The van der Waals surface area contributed by atoms with E-state index >= 15 is 0 Å². The number of benzene rings is 1. The molecule has 0 spiro atoms. The Balaban J connectivity index is 2.14. The third-order valence-electron chi connectivity index (χ3n) is 3.12. The van der Waals surface area contributed by atoms with E-state index in [0.717, 1.165) is 24.2 Å². The molecular formula is C17H20N2O5S. The zero-order valence-electron chi connectivity index (χ0n) is 14.1. The first-order valence-electron chi connectivity index (χ1n) is 8.00. The van der Waals surface area contributed by atoms with Crippen LogP contribution >= 0.6 is 11.3 Å². The van der Waals surface area contributed by atoms with Crippen LogP contribution in [0.3, 0.4) is 0 Å². The minimum Gasteiger partial charge on any atom is -0.490 e. The van der Waals surface area contributed by atoms with Gasteiger partial charge in [0.1, 0.15) is 0 Å². The molecule has 0 saturated heterocycles. The summed E-state index contributed by atoms with van der Waals surface area (Å²) in [5.41, 5.74) is 0.538. The van der Waals surface area contributed by atoms with Crippen LogP contribution in [-0.4, -0.2) is 24.0 Å². The Bertz CT molecular complexity index is 744. The monoisotopic (exact) mass is 364 g/mol. The first-order valence-corrected chi connectivity index (χ1v) is 8.82. The standard InChI is InChI=1S/C17H20N2O5S/c1-3-9-23-13-6-5-12(11-14(13)24-10-4-2)18-17(20)15-7-8-16(25-15)19(21)22/h5-8,11H,3-4,9-10H2,1-2H3,(H,18,20). The summed E-state index contributed by atoms with van der Waals surface area (Å²) in [5.74, 6) is 0.784. The number of anilines is 1. The molecule has 0 radical (unpaired) electrons. The topological polar surface area (TPSA) is 90.7 Å². The highest BCUT2D eigenvalue weighted by molar-refractivity contribution is 7.17. The molecule has 0 aliphatic carbocycles. The molecule has 2 aromatic rings. The summed E-state index contributed by atoms with van der Waals surface area (Å²) in [6, 6.07) is 7.90. The molecule has 134 valence electrons. The van der Waals surface area contributed by atoms with Crippen LogP contribution in [0.2, 0.25) is 0 Å². The van der Waals surface area contributed by atoms with E-state index < -0.39 is 10.8 Å². The minimum absolute atomic E-state index is 0.0690. The molecular weight excluding hydrogens is 344 g/mol. The predicted octanol–water partition coefficient (Wildman–Crippen LogP) is 4.49. The van der Waals surface area contributed by atoms with Gasteiger partial charge in [-0.2, -0.15) is 0 Å². The van der Waals surface area contributed by atoms with Gasteiger partial charge in [-0.25, -0.2) is 0 Å². The lowest BCUT2D eigenvalue weighted by atomic mass is 10.2. The smallest absolute Gasteiger partial charge is 0.324 e. The second-order valence-electron chi connectivity index (χ2n) is 5.21. The zero-order chi connectivity index (χ0) is 18.2. The van der Waals surface area contributed by atoms with Crippen molar-refractivity contribution in [2.75, 3.05) is 18.5 Å². The fraction of sp³-hybridized carbons (Fsp3) is 0.353. The second-order valence-corrected chi connectivity index (χ2v) is 6.27. The van der Waals surface area contributed by atoms with Crippen molar-refractivity contribution in [1.29, 1.82) is 0 Å². The first kappa shape index (κ1) is 18.7. The number of nitrogens with one attached hydrogen (secondary N) is 1. The third kappa shape index (κ3) is 5.18. The van der Waals surface area contributed by atoms with Gasteiger partial charge in [-0.15, -0.1) is 0 Å². The van der Waals surface area contributed by atoms with E-state index in [1.165, 1.54) is 12.1 Å². The molecule has 0 unspecified atom stereocenters. The van der Waals surface area contributed by atoms with E-state index in [4.69, 9.17) is 9.47 Å². The van der Waals surface area contributed by atoms with Gasteiger partial charge in [-0.3, -0.25) is 14.9 Å². The zero-order valence-corrected chi connectivity index (χ0v) is 14.9. The highest BCUT2D eigenvalue weighted by Crippen LogP contribution is 2.32. The Morgan fingerprint density at radius 3 is 2.40 bits per heavy atom. The van der Waals surface area contributed by atoms with Crippen molar-refractivity contribution < 1.29 is 19.2 Å². The summed E-state index contributed by atoms with van der Waals surface area (Å²) in [5, 5.41) is 13.4. The molecule has 1 aromatic carbocycles. The summed E-state index contributed by atoms with van der Waals surface area (Å²) in [4.78, 5) is 22.7. The van der Waals surface area contributed by atoms with Gasteiger partial charge >= 0.3 is 5.00 Å². The summed E-state index contributed by atoms with van der Waals surface area (Å²) >= 11 is 0.834. The Hall–Kier alpha value is -2.61. The van der Waals surface area contributed by atoms with Gasteiger partial charge in [0, 0.05) is 17.8 Å². The van der Waals surface area contributed by atoms with Crippen LogP contribution < -0.4 is 14.8 Å². The summed E-state index contributed by atoms with van der Waals surface area (Å²) in [7, 11) is 0. The van der Waals surface area contributed by atoms with Gasteiger partial charge in [0.2, 0.25) is 0 Å². The molecule has 1 heterocycles. The number of carbonyl (C=O) groups is 1. The van der Waals surface area contributed by atoms with E-state index in [9.17, 15) is 14.9 Å². The highest BCUT2D eigenvalue weighted by atomic mass is 32.1. The molecule has 0 saturated carbocycles. The maximum atomic E-state index is 12.2. The molecule has 0 aliphatic rings. The van der Waals surface area contributed by atoms with E-state index in [1.54, 1.807) is 18.2 Å². The lowest BCUT2D eigenvalue weighted by molar-refractivity contribution is -0.380. The van der Waals surface area contributed by atoms with Gasteiger partial charge in [-0.05, 0) is 31.0 Å². The molecule has 2 rings (SSSR count). The molecule has 1 aromatic heterocycles. The van der Waals surface area contributed by atoms with Crippen LogP contribution in [0, 0.1) is 10.1 Å².